The maximum atomic E-state index is 13.7. The van der Waals surface area contributed by atoms with Crippen molar-refractivity contribution in [2.24, 2.45) is 11.8 Å². The number of amides is 1. The van der Waals surface area contributed by atoms with Gasteiger partial charge in [-0.2, -0.15) is 0 Å². The number of carbonyl (C=O) groups excluding carboxylic acids is 1. The summed E-state index contributed by atoms with van der Waals surface area (Å²) in [6.45, 7) is 9.90. The van der Waals surface area contributed by atoms with Crippen molar-refractivity contribution < 1.29 is 19.4 Å². The van der Waals surface area contributed by atoms with Crippen LogP contribution < -0.4 is 4.74 Å². The maximum Gasteiger partial charge on any atom is 0.259 e. The van der Waals surface area contributed by atoms with Crippen LogP contribution in [0.5, 0.6) is 5.88 Å². The van der Waals surface area contributed by atoms with Crippen molar-refractivity contribution in [3.8, 4) is 17.0 Å². The van der Waals surface area contributed by atoms with Crippen LogP contribution in [0.1, 0.15) is 42.6 Å². The van der Waals surface area contributed by atoms with Crippen LogP contribution in [-0.4, -0.2) is 84.4 Å². The fourth-order valence-corrected chi connectivity index (χ4v) is 5.12. The fourth-order valence-electron chi connectivity index (χ4n) is 5.12. The summed E-state index contributed by atoms with van der Waals surface area (Å²) >= 11 is 0. The summed E-state index contributed by atoms with van der Waals surface area (Å²) in [6, 6.07) is 9.68. The lowest BCUT2D eigenvalue weighted by molar-refractivity contribution is 0.0254. The Morgan fingerprint density at radius 2 is 1.94 bits per heavy atom. The number of carbonyl (C=O) groups is 1. The molecule has 4 rings (SSSR count). The highest BCUT2D eigenvalue weighted by molar-refractivity contribution is 5.98. The predicted octanol–water partition coefficient (Wildman–Crippen LogP) is 3.64. The molecule has 2 aromatic rings. The molecule has 1 aromatic heterocycles. The molecule has 2 aliphatic rings. The van der Waals surface area contributed by atoms with E-state index < -0.39 is 0 Å². The van der Waals surface area contributed by atoms with Gasteiger partial charge in [0.1, 0.15) is 11.7 Å². The van der Waals surface area contributed by atoms with Gasteiger partial charge in [-0.1, -0.05) is 31.2 Å². The molecule has 1 aromatic carbocycles. The van der Waals surface area contributed by atoms with Crippen molar-refractivity contribution in [3.05, 3.63) is 47.7 Å². The van der Waals surface area contributed by atoms with E-state index in [9.17, 15) is 9.90 Å². The smallest absolute Gasteiger partial charge is 0.259 e. The van der Waals surface area contributed by atoms with Crippen molar-refractivity contribution >= 4 is 5.91 Å². The van der Waals surface area contributed by atoms with E-state index in [-0.39, 0.29) is 30.6 Å². The number of aliphatic hydroxyl groups is 1. The first kappa shape index (κ1) is 25.6. The molecule has 0 bridgehead atoms. The Morgan fingerprint density at radius 3 is 2.66 bits per heavy atom. The number of hydrogen-bond acceptors (Lipinski definition) is 6. The Bertz CT molecular complexity index is 1010. The first-order valence-corrected chi connectivity index (χ1v) is 12.8. The van der Waals surface area contributed by atoms with Crippen LogP contribution in [0.4, 0.5) is 0 Å². The van der Waals surface area contributed by atoms with Crippen molar-refractivity contribution in [3.63, 3.8) is 0 Å². The zero-order chi connectivity index (χ0) is 24.9. The molecule has 3 atom stereocenters. The molecule has 1 N–H and O–H groups in total. The van der Waals surface area contributed by atoms with E-state index in [0.717, 1.165) is 55.8 Å². The summed E-state index contributed by atoms with van der Waals surface area (Å²) in [7, 11) is 2.14. The Balaban J connectivity index is 1.63. The molecule has 1 saturated heterocycles. The Labute approximate surface area is 209 Å². The van der Waals surface area contributed by atoms with Crippen molar-refractivity contribution in [1.82, 2.24) is 14.8 Å². The van der Waals surface area contributed by atoms with Gasteiger partial charge in [0, 0.05) is 50.5 Å². The van der Waals surface area contributed by atoms with E-state index in [1.165, 1.54) is 0 Å². The van der Waals surface area contributed by atoms with E-state index in [1.807, 2.05) is 31.2 Å². The summed E-state index contributed by atoms with van der Waals surface area (Å²) in [5.74, 6) is 0.937. The van der Waals surface area contributed by atoms with Crippen LogP contribution >= 0.6 is 0 Å². The third kappa shape index (κ3) is 6.02. The molecule has 190 valence electrons. The number of aryl methyl sites for hydroxylation is 1. The lowest BCUT2D eigenvalue weighted by Crippen LogP contribution is -2.50. The maximum absolute atomic E-state index is 13.7. The molecule has 3 heterocycles. The number of likely N-dealkylation sites (N-methyl/N-ethyl adjacent to an activating group) is 1. The van der Waals surface area contributed by atoms with E-state index in [4.69, 9.17) is 9.47 Å². The molecule has 0 radical (unpaired) electrons. The van der Waals surface area contributed by atoms with Gasteiger partial charge < -0.3 is 24.4 Å². The van der Waals surface area contributed by atoms with Gasteiger partial charge >= 0.3 is 0 Å². The number of fused-ring (bicyclic) bond motifs is 1. The van der Waals surface area contributed by atoms with Crippen molar-refractivity contribution in [2.75, 3.05) is 46.5 Å². The molecule has 0 aliphatic carbocycles. The second-order valence-corrected chi connectivity index (χ2v) is 10.3. The zero-order valence-corrected chi connectivity index (χ0v) is 21.4. The summed E-state index contributed by atoms with van der Waals surface area (Å²) in [5.41, 5.74) is 3.50. The van der Waals surface area contributed by atoms with Crippen LogP contribution in [0.25, 0.3) is 11.1 Å². The van der Waals surface area contributed by atoms with Crippen LogP contribution in [0, 0.1) is 18.8 Å². The number of rotatable bonds is 7. The molecular weight excluding hydrogens is 442 g/mol. The molecule has 0 saturated carbocycles. The van der Waals surface area contributed by atoms with Gasteiger partial charge in [-0.25, -0.2) is 4.98 Å². The van der Waals surface area contributed by atoms with E-state index >= 15 is 0 Å². The van der Waals surface area contributed by atoms with Crippen LogP contribution in [0.15, 0.2) is 36.5 Å². The van der Waals surface area contributed by atoms with E-state index in [2.05, 4.69) is 36.8 Å². The number of ether oxygens (including phenoxy) is 2. The standard InChI is InChI=1S/C28H39N3O4/c1-19-7-5-6-8-24(19)23-13-25-27(29-14-23)35-26(17-30(4)16-22-9-11-34-12-10-22)20(2)15-31(28(25)33)21(3)18-32/h5-8,13-14,20-22,26,32H,9-12,15-18H2,1-4H3/t20-,21+,26+/m0/s1. The molecule has 0 unspecified atom stereocenters. The normalized spacial score (nSPS) is 22.3. The molecule has 2 aliphatic heterocycles. The van der Waals surface area contributed by atoms with Gasteiger partial charge in [0.25, 0.3) is 5.91 Å². The highest BCUT2D eigenvalue weighted by Gasteiger charge is 2.34. The molecule has 7 nitrogen and oxygen atoms in total. The molecule has 7 heteroatoms. The van der Waals surface area contributed by atoms with Crippen molar-refractivity contribution in [1.29, 1.82) is 0 Å². The minimum absolute atomic E-state index is 0.0797. The highest BCUT2D eigenvalue weighted by Crippen LogP contribution is 2.31. The van der Waals surface area contributed by atoms with Crippen molar-refractivity contribution in [2.45, 2.75) is 45.8 Å². The molecule has 1 amide bonds. The Morgan fingerprint density at radius 1 is 1.20 bits per heavy atom. The number of benzene rings is 1. The topological polar surface area (TPSA) is 75.1 Å². The molecular formula is C28H39N3O4. The summed E-state index contributed by atoms with van der Waals surface area (Å²) < 4.78 is 12.0. The van der Waals surface area contributed by atoms with E-state index in [1.54, 1.807) is 11.1 Å². The average Bonchev–Trinajstić information content (AvgIpc) is 2.86. The molecule has 35 heavy (non-hydrogen) atoms. The van der Waals surface area contributed by atoms with Crippen LogP contribution in [-0.2, 0) is 4.74 Å². The third-order valence-electron chi connectivity index (χ3n) is 7.38. The number of hydrogen-bond donors (Lipinski definition) is 1. The SMILES string of the molecule is Cc1ccccc1-c1cnc2c(c1)C(=O)N([C@H](C)CO)C[C@H](C)[C@@H](CN(C)CC1CCOCC1)O2. The van der Waals surface area contributed by atoms with Gasteiger partial charge in [-0.05, 0) is 56.8 Å². The average molecular weight is 482 g/mol. The molecule has 0 spiro atoms. The number of aliphatic hydroxyl groups excluding tert-OH is 1. The van der Waals surface area contributed by atoms with Gasteiger partial charge in [0.05, 0.1) is 12.6 Å². The third-order valence-corrected chi connectivity index (χ3v) is 7.38. The molecule has 1 fully saturated rings. The summed E-state index contributed by atoms with van der Waals surface area (Å²) in [6.07, 6.45) is 3.85. The van der Waals surface area contributed by atoms with Gasteiger partial charge in [0.2, 0.25) is 5.88 Å². The minimum Gasteiger partial charge on any atom is -0.472 e. The van der Waals surface area contributed by atoms with Gasteiger partial charge in [0.15, 0.2) is 0 Å². The Hall–Kier alpha value is -2.48. The summed E-state index contributed by atoms with van der Waals surface area (Å²) in [4.78, 5) is 22.4. The fraction of sp³-hybridized carbons (Fsp3) is 0.571. The Kier molecular flexibility index (Phi) is 8.42. The lowest BCUT2D eigenvalue weighted by Gasteiger charge is -2.38. The van der Waals surface area contributed by atoms with Crippen LogP contribution in [0.3, 0.4) is 0 Å². The lowest BCUT2D eigenvalue weighted by atomic mass is 9.97. The first-order chi connectivity index (χ1) is 16.9. The highest BCUT2D eigenvalue weighted by atomic mass is 16.5. The van der Waals surface area contributed by atoms with Crippen LogP contribution in [0.2, 0.25) is 0 Å². The monoisotopic (exact) mass is 481 g/mol. The van der Waals surface area contributed by atoms with Gasteiger partial charge in [-0.3, -0.25) is 4.79 Å². The zero-order valence-electron chi connectivity index (χ0n) is 21.4. The second kappa shape index (κ2) is 11.5. The number of aromatic nitrogens is 1. The predicted molar refractivity (Wildman–Crippen MR) is 137 cm³/mol. The van der Waals surface area contributed by atoms with E-state index in [0.29, 0.717) is 23.9 Å². The van der Waals surface area contributed by atoms with Gasteiger partial charge in [-0.15, -0.1) is 0 Å². The second-order valence-electron chi connectivity index (χ2n) is 10.3. The quantitative estimate of drug-likeness (QED) is 0.651. The number of nitrogens with zero attached hydrogens (tertiary/aromatic N) is 3. The first-order valence-electron chi connectivity index (χ1n) is 12.8. The summed E-state index contributed by atoms with van der Waals surface area (Å²) in [5, 5.41) is 9.90. The number of pyridine rings is 1. The largest absolute Gasteiger partial charge is 0.472 e. The minimum atomic E-state index is -0.293.